The van der Waals surface area contributed by atoms with E-state index in [1.165, 1.54) is 11.3 Å². The number of rotatable bonds is 7. The number of nitrogens with zero attached hydrogens (tertiary/aromatic N) is 6. The van der Waals surface area contributed by atoms with Gasteiger partial charge in [-0.3, -0.25) is 18.6 Å². The van der Waals surface area contributed by atoms with E-state index in [-0.39, 0.29) is 11.5 Å². The first kappa shape index (κ1) is 22.4. The first-order valence-corrected chi connectivity index (χ1v) is 12.5. The van der Waals surface area contributed by atoms with Crippen molar-refractivity contribution in [1.82, 2.24) is 24.1 Å². The number of hydrogen-bond acceptors (Lipinski definition) is 7. The van der Waals surface area contributed by atoms with E-state index >= 15 is 0 Å². The lowest BCUT2D eigenvalue weighted by Gasteiger charge is -2.36. The lowest BCUT2D eigenvalue weighted by molar-refractivity contribution is -0.131. The molecule has 3 aromatic heterocycles. The topological polar surface area (TPSA) is 85.0 Å². The number of benzene rings is 1. The van der Waals surface area contributed by atoms with E-state index < -0.39 is 0 Å². The van der Waals surface area contributed by atoms with E-state index in [2.05, 4.69) is 21.2 Å². The van der Waals surface area contributed by atoms with Gasteiger partial charge in [-0.05, 0) is 30.0 Å². The van der Waals surface area contributed by atoms with Crippen LogP contribution in [0.5, 0.6) is 5.75 Å². The number of methoxy groups -OCH3 is 1. The van der Waals surface area contributed by atoms with Crippen molar-refractivity contribution in [2.24, 2.45) is 0 Å². The van der Waals surface area contributed by atoms with Crippen LogP contribution in [0.1, 0.15) is 25.6 Å². The monoisotopic (exact) mass is 480 g/mol. The third-order valence-electron chi connectivity index (χ3n) is 6.34. The Morgan fingerprint density at radius 1 is 1.15 bits per heavy atom. The van der Waals surface area contributed by atoms with Crippen LogP contribution in [0.2, 0.25) is 0 Å². The Labute approximate surface area is 201 Å². The Balaban J connectivity index is 1.28. The molecular weight excluding hydrogens is 452 g/mol. The molecule has 1 aromatic carbocycles. The van der Waals surface area contributed by atoms with Crippen LogP contribution in [0.15, 0.2) is 40.5 Å². The van der Waals surface area contributed by atoms with Crippen LogP contribution >= 0.6 is 11.3 Å². The van der Waals surface area contributed by atoms with Crippen molar-refractivity contribution in [3.8, 4) is 5.75 Å². The molecule has 0 aliphatic carbocycles. The highest BCUT2D eigenvalue weighted by Gasteiger charge is 2.23. The SMILES string of the molecule is CCCn1c(=O)c2sccc2n2c(CCC(=O)N3CCN(c4cccc(OC)c4)CC3)nnc12. The number of hydrogen-bond donors (Lipinski definition) is 0. The van der Waals surface area contributed by atoms with E-state index in [0.717, 1.165) is 36.5 Å². The van der Waals surface area contributed by atoms with Crippen molar-refractivity contribution in [3.05, 3.63) is 51.9 Å². The van der Waals surface area contributed by atoms with E-state index in [1.54, 1.807) is 11.7 Å². The number of carbonyl (C=O) groups is 1. The summed E-state index contributed by atoms with van der Waals surface area (Å²) in [6.07, 6.45) is 1.67. The fraction of sp³-hybridized carbons (Fsp3) is 0.417. The van der Waals surface area contributed by atoms with Gasteiger partial charge >= 0.3 is 0 Å². The van der Waals surface area contributed by atoms with Crippen molar-refractivity contribution in [2.45, 2.75) is 32.7 Å². The number of thiophene rings is 1. The largest absolute Gasteiger partial charge is 0.497 e. The van der Waals surface area contributed by atoms with Gasteiger partial charge in [-0.1, -0.05) is 13.0 Å². The summed E-state index contributed by atoms with van der Waals surface area (Å²) in [5.41, 5.74) is 1.90. The maximum Gasteiger partial charge on any atom is 0.272 e. The van der Waals surface area contributed by atoms with Gasteiger partial charge < -0.3 is 14.5 Å². The molecule has 4 aromatic rings. The molecule has 0 atom stereocenters. The summed E-state index contributed by atoms with van der Waals surface area (Å²) < 4.78 is 9.66. The predicted molar refractivity (Wildman–Crippen MR) is 133 cm³/mol. The van der Waals surface area contributed by atoms with Gasteiger partial charge in [0.1, 0.15) is 16.3 Å². The van der Waals surface area contributed by atoms with Crippen LogP contribution in [0.25, 0.3) is 16.0 Å². The Hall–Kier alpha value is -3.40. The lowest BCUT2D eigenvalue weighted by atomic mass is 10.2. The third kappa shape index (κ3) is 4.02. The minimum Gasteiger partial charge on any atom is -0.497 e. The number of aryl methyl sites for hydroxylation is 2. The number of fused-ring (bicyclic) bond motifs is 3. The van der Waals surface area contributed by atoms with Crippen molar-refractivity contribution in [1.29, 1.82) is 0 Å². The fourth-order valence-corrected chi connectivity index (χ4v) is 5.39. The molecule has 34 heavy (non-hydrogen) atoms. The Bertz CT molecular complexity index is 1380. The third-order valence-corrected chi connectivity index (χ3v) is 7.23. The zero-order valence-electron chi connectivity index (χ0n) is 19.4. The van der Waals surface area contributed by atoms with Crippen LogP contribution in [0.4, 0.5) is 5.69 Å². The summed E-state index contributed by atoms with van der Waals surface area (Å²) in [4.78, 5) is 30.0. The molecule has 9 nitrogen and oxygen atoms in total. The maximum atomic E-state index is 13.0. The molecule has 1 aliphatic rings. The van der Waals surface area contributed by atoms with Crippen molar-refractivity contribution in [2.75, 3.05) is 38.2 Å². The molecule has 0 saturated carbocycles. The van der Waals surface area contributed by atoms with Gasteiger partial charge in [0.15, 0.2) is 0 Å². The number of piperazine rings is 1. The van der Waals surface area contributed by atoms with Crippen LogP contribution in [0, 0.1) is 0 Å². The maximum absolute atomic E-state index is 13.0. The number of ether oxygens (including phenoxy) is 1. The van der Waals surface area contributed by atoms with Crippen molar-refractivity contribution < 1.29 is 9.53 Å². The molecule has 4 heterocycles. The van der Waals surface area contributed by atoms with Crippen LogP contribution in [-0.2, 0) is 17.8 Å². The second-order valence-corrected chi connectivity index (χ2v) is 9.33. The van der Waals surface area contributed by atoms with Gasteiger partial charge in [-0.25, -0.2) is 0 Å². The van der Waals surface area contributed by atoms with Crippen LogP contribution in [-0.4, -0.2) is 63.3 Å². The number of carbonyl (C=O) groups excluding carboxylic acids is 1. The highest BCUT2D eigenvalue weighted by molar-refractivity contribution is 7.17. The van der Waals surface area contributed by atoms with Gasteiger partial charge in [0, 0.05) is 57.3 Å². The minimum absolute atomic E-state index is 0.0247. The molecule has 0 bridgehead atoms. The molecule has 0 radical (unpaired) electrons. The highest BCUT2D eigenvalue weighted by atomic mass is 32.1. The van der Waals surface area contributed by atoms with Gasteiger partial charge in [-0.15, -0.1) is 21.5 Å². The zero-order chi connectivity index (χ0) is 23.7. The number of aromatic nitrogens is 4. The van der Waals surface area contributed by atoms with Crippen LogP contribution in [0.3, 0.4) is 0 Å². The first-order valence-electron chi connectivity index (χ1n) is 11.6. The molecule has 10 heteroatoms. The number of anilines is 1. The molecule has 5 rings (SSSR count). The fourth-order valence-electron chi connectivity index (χ4n) is 4.57. The molecule has 1 saturated heterocycles. The van der Waals surface area contributed by atoms with Gasteiger partial charge in [0.25, 0.3) is 5.56 Å². The molecular formula is C24H28N6O3S. The van der Waals surface area contributed by atoms with Crippen molar-refractivity contribution in [3.63, 3.8) is 0 Å². The van der Waals surface area contributed by atoms with Gasteiger partial charge in [0.2, 0.25) is 11.7 Å². The highest BCUT2D eigenvalue weighted by Crippen LogP contribution is 2.23. The zero-order valence-corrected chi connectivity index (χ0v) is 20.3. The van der Waals surface area contributed by atoms with Crippen molar-refractivity contribution >= 4 is 38.9 Å². The minimum atomic E-state index is -0.0247. The summed E-state index contributed by atoms with van der Waals surface area (Å²) in [5.74, 6) is 2.21. The molecule has 1 aliphatic heterocycles. The lowest BCUT2D eigenvalue weighted by Crippen LogP contribution is -2.48. The van der Waals surface area contributed by atoms with E-state index in [4.69, 9.17) is 4.74 Å². The smallest absolute Gasteiger partial charge is 0.272 e. The first-order chi connectivity index (χ1) is 16.6. The summed E-state index contributed by atoms with van der Waals surface area (Å²) in [7, 11) is 1.67. The quantitative estimate of drug-likeness (QED) is 0.404. The average Bonchev–Trinajstić information content (AvgIpc) is 3.52. The summed E-state index contributed by atoms with van der Waals surface area (Å²) in [6, 6.07) is 9.94. The Morgan fingerprint density at radius 3 is 2.74 bits per heavy atom. The standard InChI is InChI=1S/C24H28N6O3S/c1-3-10-29-23(32)22-19(9-15-34-22)30-20(25-26-24(29)30)7-8-21(31)28-13-11-27(12-14-28)17-5-4-6-18(16-17)33-2/h4-6,9,15-16H,3,7-8,10-14H2,1-2H3. The molecule has 1 amide bonds. The Kier molecular flexibility index (Phi) is 6.23. The van der Waals surface area contributed by atoms with Gasteiger partial charge in [-0.2, -0.15) is 0 Å². The van der Waals surface area contributed by atoms with E-state index in [1.807, 2.05) is 45.9 Å². The summed E-state index contributed by atoms with van der Waals surface area (Å²) >= 11 is 1.43. The second kappa shape index (κ2) is 9.46. The number of amides is 1. The molecule has 1 fully saturated rings. The predicted octanol–water partition coefficient (Wildman–Crippen LogP) is 2.81. The molecule has 0 N–H and O–H groups in total. The summed E-state index contributed by atoms with van der Waals surface area (Å²) in [5, 5.41) is 10.6. The van der Waals surface area contributed by atoms with Gasteiger partial charge in [0.05, 0.1) is 12.6 Å². The Morgan fingerprint density at radius 2 is 1.97 bits per heavy atom. The van der Waals surface area contributed by atoms with E-state index in [9.17, 15) is 9.59 Å². The average molecular weight is 481 g/mol. The van der Waals surface area contributed by atoms with Crippen LogP contribution < -0.4 is 15.2 Å². The summed E-state index contributed by atoms with van der Waals surface area (Å²) in [6.45, 7) is 5.55. The second-order valence-electron chi connectivity index (χ2n) is 8.41. The van der Waals surface area contributed by atoms with E-state index in [0.29, 0.717) is 48.8 Å². The molecule has 0 spiro atoms. The molecule has 0 unspecified atom stereocenters. The normalized spacial score (nSPS) is 14.3. The molecule has 178 valence electrons.